The number of esters is 1. The molecule has 0 aliphatic rings. The molecule has 0 spiro atoms. The highest BCUT2D eigenvalue weighted by molar-refractivity contribution is 9.10. The van der Waals surface area contributed by atoms with Crippen LogP contribution < -0.4 is 0 Å². The zero-order chi connectivity index (χ0) is 18.8. The van der Waals surface area contributed by atoms with E-state index < -0.39 is 12.1 Å². The lowest BCUT2D eigenvalue weighted by molar-refractivity contribution is 0.0319. The molecule has 0 fully saturated rings. The van der Waals surface area contributed by atoms with Gasteiger partial charge in [-0.2, -0.15) is 0 Å². The van der Waals surface area contributed by atoms with E-state index in [-0.39, 0.29) is 5.78 Å². The number of carbonyl (C=O) groups excluding carboxylic acids is 2. The molecule has 132 valence electrons. The Morgan fingerprint density at radius 2 is 1.50 bits per heavy atom. The third-order valence-electron chi connectivity index (χ3n) is 4.09. The highest BCUT2D eigenvalue weighted by Gasteiger charge is 2.20. The zero-order valence-electron chi connectivity index (χ0n) is 14.6. The predicted octanol–water partition coefficient (Wildman–Crippen LogP) is 4.44. The van der Waals surface area contributed by atoms with Gasteiger partial charge >= 0.3 is 5.97 Å². The number of aryl methyl sites for hydroxylation is 2. The highest BCUT2D eigenvalue weighted by Crippen LogP contribution is 2.17. The fourth-order valence-electron chi connectivity index (χ4n) is 2.49. The van der Waals surface area contributed by atoms with Crippen LogP contribution in [-0.4, -0.2) is 27.8 Å². The van der Waals surface area contributed by atoms with Crippen LogP contribution in [0.3, 0.4) is 0 Å². The number of hydrogen-bond acceptors (Lipinski definition) is 5. The quantitative estimate of drug-likeness (QED) is 0.467. The van der Waals surface area contributed by atoms with Gasteiger partial charge in [-0.15, -0.1) is 0 Å². The minimum Gasteiger partial charge on any atom is -0.451 e. The molecule has 1 aromatic heterocycles. The fourth-order valence-corrected chi connectivity index (χ4v) is 2.75. The number of Topliss-reactive ketones (excluding diaryl/α,β-unsaturated/α-hetero) is 1. The largest absolute Gasteiger partial charge is 0.451 e. The molecule has 3 rings (SSSR count). The van der Waals surface area contributed by atoms with E-state index in [9.17, 15) is 9.59 Å². The highest BCUT2D eigenvalue weighted by atomic mass is 79.9. The number of nitrogens with zero attached hydrogens (tertiary/aromatic N) is 2. The summed E-state index contributed by atoms with van der Waals surface area (Å²) in [7, 11) is 0. The summed E-state index contributed by atoms with van der Waals surface area (Å²) in [6.45, 7) is 5.32. The van der Waals surface area contributed by atoms with Crippen molar-refractivity contribution in [1.29, 1.82) is 0 Å². The number of fused-ring (bicyclic) bond motifs is 1. The first kappa shape index (κ1) is 18.2. The van der Waals surface area contributed by atoms with Gasteiger partial charge < -0.3 is 4.74 Å². The maximum atomic E-state index is 12.4. The smallest absolute Gasteiger partial charge is 0.338 e. The van der Waals surface area contributed by atoms with Gasteiger partial charge in [-0.05, 0) is 51.1 Å². The summed E-state index contributed by atoms with van der Waals surface area (Å²) >= 11 is 3.32. The van der Waals surface area contributed by atoms with Crippen LogP contribution in [0, 0.1) is 13.8 Å². The molecule has 3 aromatic rings. The monoisotopic (exact) mass is 412 g/mol. The van der Waals surface area contributed by atoms with E-state index >= 15 is 0 Å². The van der Waals surface area contributed by atoms with Crippen LogP contribution in [0.4, 0.5) is 0 Å². The number of ketones is 1. The van der Waals surface area contributed by atoms with Gasteiger partial charge in [-0.1, -0.05) is 28.1 Å². The van der Waals surface area contributed by atoms with Crippen LogP contribution in [0.2, 0.25) is 0 Å². The molecule has 0 radical (unpaired) electrons. The second-order valence-corrected chi connectivity index (χ2v) is 6.93. The van der Waals surface area contributed by atoms with Gasteiger partial charge in [0.1, 0.15) is 0 Å². The molecule has 0 amide bonds. The fraction of sp³-hybridized carbons (Fsp3) is 0.200. The molecule has 0 unspecified atom stereocenters. The van der Waals surface area contributed by atoms with Crippen molar-refractivity contribution in [2.45, 2.75) is 26.9 Å². The van der Waals surface area contributed by atoms with Gasteiger partial charge in [-0.3, -0.25) is 4.79 Å². The first-order valence-electron chi connectivity index (χ1n) is 8.11. The Morgan fingerprint density at radius 1 is 0.923 bits per heavy atom. The van der Waals surface area contributed by atoms with Crippen LogP contribution >= 0.6 is 15.9 Å². The van der Waals surface area contributed by atoms with Gasteiger partial charge in [0, 0.05) is 10.0 Å². The summed E-state index contributed by atoms with van der Waals surface area (Å²) < 4.78 is 6.21. The van der Waals surface area contributed by atoms with Crippen molar-refractivity contribution in [3.05, 3.63) is 69.5 Å². The van der Waals surface area contributed by atoms with Crippen LogP contribution in [0.5, 0.6) is 0 Å². The van der Waals surface area contributed by atoms with Gasteiger partial charge in [0.15, 0.2) is 6.10 Å². The molecular weight excluding hydrogens is 396 g/mol. The number of carbonyl (C=O) groups is 2. The molecule has 5 nitrogen and oxygen atoms in total. The Morgan fingerprint density at radius 3 is 2.15 bits per heavy atom. The third kappa shape index (κ3) is 3.80. The van der Waals surface area contributed by atoms with Crippen molar-refractivity contribution in [3.63, 3.8) is 0 Å². The Bertz CT molecular complexity index is 1000. The van der Waals surface area contributed by atoms with E-state index in [0.717, 1.165) is 15.9 Å². The van der Waals surface area contributed by atoms with Crippen LogP contribution in [0.1, 0.15) is 39.0 Å². The number of ether oxygens (including phenoxy) is 1. The van der Waals surface area contributed by atoms with E-state index in [1.165, 1.54) is 0 Å². The molecule has 0 N–H and O–H groups in total. The summed E-state index contributed by atoms with van der Waals surface area (Å²) in [6, 6.07) is 11.9. The molecule has 1 atom stereocenters. The lowest BCUT2D eigenvalue weighted by atomic mass is 10.1. The molecule has 0 aliphatic carbocycles. The third-order valence-corrected chi connectivity index (χ3v) is 4.62. The summed E-state index contributed by atoms with van der Waals surface area (Å²) in [4.78, 5) is 33.7. The molecule has 1 heterocycles. The van der Waals surface area contributed by atoms with Crippen LogP contribution in [0.15, 0.2) is 46.9 Å². The zero-order valence-corrected chi connectivity index (χ0v) is 16.2. The lowest BCUT2D eigenvalue weighted by Gasteiger charge is -2.13. The first-order valence-corrected chi connectivity index (χ1v) is 8.90. The van der Waals surface area contributed by atoms with Gasteiger partial charge in [0.25, 0.3) is 0 Å². The molecule has 26 heavy (non-hydrogen) atoms. The summed E-state index contributed by atoms with van der Waals surface area (Å²) in [6.07, 6.45) is -0.884. The maximum Gasteiger partial charge on any atom is 0.338 e. The molecule has 2 aromatic carbocycles. The Labute approximate surface area is 159 Å². The molecule has 0 bridgehead atoms. The average Bonchev–Trinajstić information content (AvgIpc) is 2.62. The van der Waals surface area contributed by atoms with Crippen LogP contribution in [0.25, 0.3) is 11.0 Å². The molecular formula is C20H17BrN2O3. The summed E-state index contributed by atoms with van der Waals surface area (Å²) in [5.41, 5.74) is 3.82. The number of halogens is 1. The van der Waals surface area contributed by atoms with Crippen molar-refractivity contribution in [3.8, 4) is 0 Å². The molecule has 6 heteroatoms. The maximum absolute atomic E-state index is 12.4. The van der Waals surface area contributed by atoms with Crippen molar-refractivity contribution < 1.29 is 14.3 Å². The minimum atomic E-state index is -0.884. The second kappa shape index (κ2) is 7.33. The van der Waals surface area contributed by atoms with Gasteiger partial charge in [-0.25, -0.2) is 14.8 Å². The van der Waals surface area contributed by atoms with Gasteiger partial charge in [0.05, 0.1) is 28.0 Å². The van der Waals surface area contributed by atoms with E-state index in [1.54, 1.807) is 49.4 Å². The van der Waals surface area contributed by atoms with Crippen molar-refractivity contribution in [2.24, 2.45) is 0 Å². The first-order chi connectivity index (χ1) is 12.3. The predicted molar refractivity (Wildman–Crippen MR) is 102 cm³/mol. The van der Waals surface area contributed by atoms with Gasteiger partial charge in [0.2, 0.25) is 5.78 Å². The van der Waals surface area contributed by atoms with Crippen LogP contribution in [-0.2, 0) is 4.74 Å². The number of rotatable bonds is 4. The van der Waals surface area contributed by atoms with E-state index in [0.29, 0.717) is 22.2 Å². The Kier molecular flexibility index (Phi) is 5.13. The lowest BCUT2D eigenvalue weighted by Crippen LogP contribution is -2.24. The van der Waals surface area contributed by atoms with Crippen molar-refractivity contribution in [1.82, 2.24) is 9.97 Å². The average molecular weight is 413 g/mol. The topological polar surface area (TPSA) is 69.2 Å². The summed E-state index contributed by atoms with van der Waals surface area (Å²) in [5, 5.41) is 0. The standard InChI is InChI=1S/C20H17BrN2O3/c1-11-12(2)23-18-10-15(6-9-17(18)22-11)20(25)26-13(3)19(24)14-4-7-16(21)8-5-14/h4-10,13H,1-3H3/t13-/m0/s1. The van der Waals surface area contributed by atoms with E-state index in [2.05, 4.69) is 25.9 Å². The number of benzene rings is 2. The summed E-state index contributed by atoms with van der Waals surface area (Å²) in [5.74, 6) is -0.817. The van der Waals surface area contributed by atoms with Crippen molar-refractivity contribution >= 4 is 38.7 Å². The number of aromatic nitrogens is 2. The minimum absolute atomic E-state index is 0.252. The number of hydrogen-bond donors (Lipinski definition) is 0. The Balaban J connectivity index is 1.78. The molecule has 0 saturated carbocycles. The Hall–Kier alpha value is -2.60. The SMILES string of the molecule is Cc1nc2ccc(C(=O)O[C@@H](C)C(=O)c3ccc(Br)cc3)cc2nc1C. The van der Waals surface area contributed by atoms with E-state index in [4.69, 9.17) is 4.74 Å². The normalized spacial score (nSPS) is 12.0. The van der Waals surface area contributed by atoms with Crippen molar-refractivity contribution in [2.75, 3.05) is 0 Å². The van der Waals surface area contributed by atoms with E-state index in [1.807, 2.05) is 13.8 Å². The molecule has 0 aliphatic heterocycles. The second-order valence-electron chi connectivity index (χ2n) is 6.02. The molecule has 0 saturated heterocycles.